The van der Waals surface area contributed by atoms with E-state index in [0.29, 0.717) is 19.3 Å². The molecule has 4 aliphatic carbocycles. The van der Waals surface area contributed by atoms with Crippen LogP contribution in [0.15, 0.2) is 23.3 Å². The number of fused-ring (bicyclic) bond motifs is 5. The minimum absolute atomic E-state index is 0.0185. The zero-order valence-corrected chi connectivity index (χ0v) is 23.3. The summed E-state index contributed by atoms with van der Waals surface area (Å²) in [6.45, 7) is 13.9. The Morgan fingerprint density at radius 2 is 1.67 bits per heavy atom. The van der Waals surface area contributed by atoms with Gasteiger partial charge in [-0.3, -0.25) is 0 Å². The van der Waals surface area contributed by atoms with Gasteiger partial charge in [-0.1, -0.05) is 46.8 Å². The van der Waals surface area contributed by atoms with E-state index in [1.54, 1.807) is 13.8 Å². The number of rotatable bonds is 6. The zero-order chi connectivity index (χ0) is 27.1. The molecule has 4 rings (SSSR count). The second-order valence-electron chi connectivity index (χ2n) is 14.3. The lowest BCUT2D eigenvalue weighted by atomic mass is 9.43. The molecule has 0 amide bonds. The first-order valence-electron chi connectivity index (χ1n) is 13.9. The summed E-state index contributed by atoms with van der Waals surface area (Å²) in [5, 5.41) is 64.5. The molecule has 2 fully saturated rings. The van der Waals surface area contributed by atoms with Crippen LogP contribution in [0.5, 0.6) is 0 Å². The van der Waals surface area contributed by atoms with Crippen molar-refractivity contribution < 1.29 is 30.6 Å². The van der Waals surface area contributed by atoms with Gasteiger partial charge in [0.05, 0.1) is 30.0 Å². The molecule has 4 aliphatic rings. The number of hydrogen-bond acceptors (Lipinski definition) is 6. The van der Waals surface area contributed by atoms with Crippen LogP contribution in [0.3, 0.4) is 0 Å². The van der Waals surface area contributed by atoms with Crippen LogP contribution in [0.2, 0.25) is 0 Å². The highest BCUT2D eigenvalue weighted by Crippen LogP contribution is 2.71. The first-order valence-corrected chi connectivity index (χ1v) is 13.9. The molecule has 0 aromatic carbocycles. The highest BCUT2D eigenvalue weighted by molar-refractivity contribution is 5.51. The molecule has 0 unspecified atom stereocenters. The highest BCUT2D eigenvalue weighted by Gasteiger charge is 2.66. The van der Waals surface area contributed by atoms with E-state index in [0.717, 1.165) is 24.8 Å². The lowest BCUT2D eigenvalue weighted by Crippen LogP contribution is -2.60. The molecule has 6 N–H and O–H groups in total. The maximum atomic E-state index is 11.8. The van der Waals surface area contributed by atoms with Crippen molar-refractivity contribution in [3.05, 3.63) is 23.3 Å². The Bertz CT molecular complexity index is 917. The van der Waals surface area contributed by atoms with Gasteiger partial charge in [-0.25, -0.2) is 0 Å². The Hall–Kier alpha value is -0.760. The topological polar surface area (TPSA) is 121 Å². The van der Waals surface area contributed by atoms with E-state index in [4.69, 9.17) is 0 Å². The fourth-order valence-corrected chi connectivity index (χ4v) is 9.12. The van der Waals surface area contributed by atoms with E-state index in [1.807, 2.05) is 19.9 Å². The maximum Gasteiger partial charge on any atom is 0.0853 e. The number of hydrogen-bond donors (Lipinski definition) is 6. The smallest absolute Gasteiger partial charge is 0.0853 e. The third-order valence-electron chi connectivity index (χ3n) is 11.8. The molecule has 2 saturated carbocycles. The molecule has 206 valence electrons. The summed E-state index contributed by atoms with van der Waals surface area (Å²) in [4.78, 5) is 0. The monoisotopic (exact) mass is 506 g/mol. The van der Waals surface area contributed by atoms with Gasteiger partial charge >= 0.3 is 0 Å². The summed E-state index contributed by atoms with van der Waals surface area (Å²) in [5.74, 6) is 0.136. The Morgan fingerprint density at radius 1 is 1.03 bits per heavy atom. The molecule has 0 bridgehead atoms. The second kappa shape index (κ2) is 8.89. The van der Waals surface area contributed by atoms with E-state index in [-0.39, 0.29) is 35.2 Å². The number of allylic oxidation sites excluding steroid dienone is 3. The minimum Gasteiger partial charge on any atom is -0.396 e. The van der Waals surface area contributed by atoms with Crippen LogP contribution in [0.4, 0.5) is 0 Å². The van der Waals surface area contributed by atoms with Gasteiger partial charge in [0.25, 0.3) is 0 Å². The third kappa shape index (κ3) is 3.81. The molecule has 0 heterocycles. The van der Waals surface area contributed by atoms with Gasteiger partial charge in [-0.15, -0.1) is 0 Å². The molecule has 10 atom stereocenters. The predicted molar refractivity (Wildman–Crippen MR) is 140 cm³/mol. The van der Waals surface area contributed by atoms with Crippen LogP contribution in [-0.4, -0.2) is 67.3 Å². The Morgan fingerprint density at radius 3 is 2.25 bits per heavy atom. The zero-order valence-electron chi connectivity index (χ0n) is 23.3. The van der Waals surface area contributed by atoms with Crippen LogP contribution in [0.25, 0.3) is 0 Å². The lowest BCUT2D eigenvalue weighted by Gasteiger charge is -2.62. The summed E-state index contributed by atoms with van der Waals surface area (Å²) in [5.41, 5.74) is -0.371. The van der Waals surface area contributed by atoms with E-state index < -0.39 is 40.8 Å². The van der Waals surface area contributed by atoms with Crippen molar-refractivity contribution in [2.75, 3.05) is 6.61 Å². The normalized spacial score (nSPS) is 45.6. The van der Waals surface area contributed by atoms with Gasteiger partial charge in [-0.2, -0.15) is 0 Å². The van der Waals surface area contributed by atoms with Crippen molar-refractivity contribution in [2.24, 2.45) is 39.4 Å². The molecule has 0 aliphatic heterocycles. The van der Waals surface area contributed by atoms with Crippen LogP contribution in [0.1, 0.15) is 87.0 Å². The van der Waals surface area contributed by atoms with Crippen molar-refractivity contribution in [1.82, 2.24) is 0 Å². The van der Waals surface area contributed by atoms with Crippen LogP contribution >= 0.6 is 0 Å². The molecule has 0 aromatic rings. The van der Waals surface area contributed by atoms with E-state index in [2.05, 4.69) is 26.8 Å². The molecule has 0 aromatic heterocycles. The van der Waals surface area contributed by atoms with Crippen LogP contribution in [0, 0.1) is 39.4 Å². The molecule has 6 nitrogen and oxygen atoms in total. The average Bonchev–Trinajstić information content (AvgIpc) is 3.06. The van der Waals surface area contributed by atoms with E-state index in [9.17, 15) is 30.6 Å². The van der Waals surface area contributed by atoms with Crippen molar-refractivity contribution in [2.45, 2.75) is 117 Å². The molecular formula is C30H50O6. The van der Waals surface area contributed by atoms with Crippen LogP contribution in [-0.2, 0) is 0 Å². The molecule has 0 spiro atoms. The Kier molecular flexibility index (Phi) is 6.98. The lowest BCUT2D eigenvalue weighted by molar-refractivity contribution is -0.153. The Labute approximate surface area is 217 Å². The maximum absolute atomic E-state index is 11.8. The van der Waals surface area contributed by atoms with Crippen molar-refractivity contribution in [3.63, 3.8) is 0 Å². The molecule has 0 radical (unpaired) electrons. The quantitative estimate of drug-likeness (QED) is 0.329. The van der Waals surface area contributed by atoms with E-state index >= 15 is 0 Å². The van der Waals surface area contributed by atoms with Gasteiger partial charge in [0.1, 0.15) is 0 Å². The summed E-state index contributed by atoms with van der Waals surface area (Å²) in [7, 11) is 0. The number of aliphatic hydroxyl groups excluding tert-OH is 5. The molecule has 6 heteroatoms. The summed E-state index contributed by atoms with van der Waals surface area (Å²) < 4.78 is 0. The largest absolute Gasteiger partial charge is 0.396 e. The number of aliphatic hydroxyl groups is 6. The molecule has 0 saturated heterocycles. The Balaban J connectivity index is 1.70. The van der Waals surface area contributed by atoms with Crippen molar-refractivity contribution in [3.8, 4) is 0 Å². The van der Waals surface area contributed by atoms with Crippen LogP contribution < -0.4 is 0 Å². The van der Waals surface area contributed by atoms with Gasteiger partial charge in [0, 0.05) is 17.4 Å². The summed E-state index contributed by atoms with van der Waals surface area (Å²) >= 11 is 0. The van der Waals surface area contributed by atoms with Gasteiger partial charge < -0.3 is 30.6 Å². The fraction of sp³-hybridized carbons (Fsp3) is 0.867. The first-order chi connectivity index (χ1) is 16.5. The van der Waals surface area contributed by atoms with E-state index in [1.165, 1.54) is 5.57 Å². The minimum atomic E-state index is -1.19. The van der Waals surface area contributed by atoms with Gasteiger partial charge in [0.15, 0.2) is 0 Å². The summed E-state index contributed by atoms with van der Waals surface area (Å²) in [6, 6.07) is 0. The van der Waals surface area contributed by atoms with Gasteiger partial charge in [0.2, 0.25) is 0 Å². The summed E-state index contributed by atoms with van der Waals surface area (Å²) in [6.07, 6.45) is 5.25. The third-order valence-corrected chi connectivity index (χ3v) is 11.8. The van der Waals surface area contributed by atoms with Gasteiger partial charge in [-0.05, 0) is 92.1 Å². The standard InChI is InChI=1S/C30H50O6/c1-26(2)22-10-9-19-20(28(22,5)15-21(32)25(26)35)14-24(34)30(7)18(12-13-29(19,30)6)17(16-31)8-11-23(33)27(3,4)36/h9,14,17-18,21-25,31-36H,8,10-13,15-16H2,1-7H3/t17-,18+,21+,22+,23+,24-,25-,28+,29-,30-/m0/s1. The fourth-order valence-electron chi connectivity index (χ4n) is 9.12. The molecular weight excluding hydrogens is 456 g/mol. The highest BCUT2D eigenvalue weighted by atomic mass is 16.3. The second-order valence-corrected chi connectivity index (χ2v) is 14.3. The first kappa shape index (κ1) is 28.3. The average molecular weight is 507 g/mol. The predicted octanol–water partition coefficient (Wildman–Crippen LogP) is 3.33. The van der Waals surface area contributed by atoms with Crippen molar-refractivity contribution in [1.29, 1.82) is 0 Å². The SMILES string of the molecule is CC(C)(O)[C@H](O)CC[C@@H](CO)[C@H]1CC[C@@]2(C)C3=CC[C@@H]4C(C)(C)[C@@H](O)[C@H](O)C[C@]4(C)C3=C[C@H](O)[C@]12C. The molecule has 36 heavy (non-hydrogen) atoms. The van der Waals surface area contributed by atoms with Crippen molar-refractivity contribution >= 4 is 0 Å².